The second kappa shape index (κ2) is 7.27. The number of nitrogens with one attached hydrogen (secondary N) is 2. The molecule has 0 spiro atoms. The van der Waals surface area contributed by atoms with Gasteiger partial charge in [-0.1, -0.05) is 48.9 Å². The predicted molar refractivity (Wildman–Crippen MR) is 84.0 cm³/mol. The average Bonchev–Trinajstić information content (AvgIpc) is 2.93. The van der Waals surface area contributed by atoms with Gasteiger partial charge in [0.25, 0.3) is 0 Å². The van der Waals surface area contributed by atoms with Gasteiger partial charge in [-0.25, -0.2) is 4.79 Å². The smallest absolute Gasteiger partial charge is 0.315 e. The number of hydrogen-bond acceptors (Lipinski definition) is 2. The topological polar surface area (TPSA) is 61.4 Å². The van der Waals surface area contributed by atoms with E-state index in [1.54, 1.807) is 0 Å². The zero-order valence-electron chi connectivity index (χ0n) is 12.7. The van der Waals surface area contributed by atoms with E-state index in [2.05, 4.69) is 48.7 Å². The number of aryl methyl sites for hydroxylation is 1. The highest BCUT2D eigenvalue weighted by molar-refractivity contribution is 5.75. The number of amides is 2. The number of urea groups is 1. The molecule has 1 aromatic carbocycles. The van der Waals surface area contributed by atoms with Crippen LogP contribution in [0.25, 0.3) is 0 Å². The van der Waals surface area contributed by atoms with Crippen LogP contribution in [0.3, 0.4) is 0 Å². The summed E-state index contributed by atoms with van der Waals surface area (Å²) in [6.45, 7) is 4.24. The van der Waals surface area contributed by atoms with Crippen molar-refractivity contribution < 1.29 is 9.90 Å². The molecule has 4 heteroatoms. The minimum absolute atomic E-state index is 0.0117. The molecule has 0 saturated carbocycles. The number of benzene rings is 1. The molecule has 1 aromatic rings. The van der Waals surface area contributed by atoms with Gasteiger partial charge in [0.05, 0.1) is 6.04 Å². The number of aliphatic hydroxyl groups is 1. The Kier molecular flexibility index (Phi) is 5.39. The number of carbonyl (C=O) groups excluding carboxylic acids is 1. The molecule has 1 aliphatic rings. The highest BCUT2D eigenvalue weighted by Crippen LogP contribution is 2.19. The van der Waals surface area contributed by atoms with Gasteiger partial charge < -0.3 is 15.7 Å². The van der Waals surface area contributed by atoms with Crippen LogP contribution >= 0.6 is 0 Å². The largest absolute Gasteiger partial charge is 0.396 e. The van der Waals surface area contributed by atoms with Crippen LogP contribution in [0.15, 0.2) is 36.4 Å². The maximum Gasteiger partial charge on any atom is 0.315 e. The van der Waals surface area contributed by atoms with Gasteiger partial charge in [-0.15, -0.1) is 0 Å². The van der Waals surface area contributed by atoms with Gasteiger partial charge in [0.2, 0.25) is 0 Å². The van der Waals surface area contributed by atoms with Crippen LogP contribution in [0.1, 0.15) is 36.9 Å². The fourth-order valence-electron chi connectivity index (χ4n) is 2.61. The van der Waals surface area contributed by atoms with Gasteiger partial charge in [-0.05, 0) is 25.3 Å². The summed E-state index contributed by atoms with van der Waals surface area (Å²) in [4.78, 5) is 12.1. The van der Waals surface area contributed by atoms with Crippen LogP contribution in [-0.4, -0.2) is 23.8 Å². The molecule has 4 nitrogen and oxygen atoms in total. The molecule has 0 saturated heterocycles. The van der Waals surface area contributed by atoms with Gasteiger partial charge in [-0.2, -0.15) is 0 Å². The van der Waals surface area contributed by atoms with E-state index in [-0.39, 0.29) is 30.6 Å². The van der Waals surface area contributed by atoms with E-state index in [0.717, 1.165) is 18.4 Å². The third-order valence-corrected chi connectivity index (χ3v) is 3.92. The fourth-order valence-corrected chi connectivity index (χ4v) is 2.61. The van der Waals surface area contributed by atoms with Crippen molar-refractivity contribution in [1.29, 1.82) is 0 Å². The highest BCUT2D eigenvalue weighted by Gasteiger charge is 2.20. The predicted octanol–water partition coefficient (Wildman–Crippen LogP) is 2.68. The Balaban J connectivity index is 1.88. The summed E-state index contributed by atoms with van der Waals surface area (Å²) in [6.07, 6.45) is 5.52. The summed E-state index contributed by atoms with van der Waals surface area (Å²) >= 11 is 0. The van der Waals surface area contributed by atoms with E-state index in [9.17, 15) is 4.79 Å². The lowest BCUT2D eigenvalue weighted by Gasteiger charge is -2.20. The van der Waals surface area contributed by atoms with Gasteiger partial charge >= 0.3 is 6.03 Å². The Hall–Kier alpha value is -1.81. The van der Waals surface area contributed by atoms with Crippen molar-refractivity contribution in [3.63, 3.8) is 0 Å². The Labute approximate surface area is 126 Å². The molecule has 0 aliphatic heterocycles. The van der Waals surface area contributed by atoms with Gasteiger partial charge in [0.1, 0.15) is 0 Å². The molecule has 3 atom stereocenters. The van der Waals surface area contributed by atoms with Crippen molar-refractivity contribution in [3.8, 4) is 0 Å². The Morgan fingerprint density at radius 3 is 2.62 bits per heavy atom. The summed E-state index contributed by atoms with van der Waals surface area (Å²) in [5, 5.41) is 15.0. The lowest BCUT2D eigenvalue weighted by Crippen LogP contribution is -2.42. The molecule has 0 heterocycles. The molecular weight excluding hydrogens is 264 g/mol. The van der Waals surface area contributed by atoms with Crippen molar-refractivity contribution in [1.82, 2.24) is 10.6 Å². The number of aliphatic hydroxyl groups excluding tert-OH is 1. The zero-order valence-corrected chi connectivity index (χ0v) is 12.7. The van der Waals surface area contributed by atoms with Crippen molar-refractivity contribution in [3.05, 3.63) is 47.5 Å². The molecule has 1 aliphatic carbocycles. The molecule has 2 rings (SSSR count). The molecule has 0 fully saturated rings. The molecule has 2 amide bonds. The Morgan fingerprint density at radius 1 is 1.33 bits per heavy atom. The van der Waals surface area contributed by atoms with Gasteiger partial charge in [0, 0.05) is 18.6 Å². The standard InChI is InChI=1S/C17H24N2O2/c1-3-16(14-7-4-12(2)5-8-14)19-17(21)18-15-9-6-13(10-15)11-20/h4-9,13,15-16,20H,3,10-11H2,1-2H3,(H2,18,19,21)/t13-,15+,16?/m0/s1. The summed E-state index contributed by atoms with van der Waals surface area (Å²) in [5.41, 5.74) is 2.33. The zero-order chi connectivity index (χ0) is 15.2. The normalized spacial score (nSPS) is 22.0. The lowest BCUT2D eigenvalue weighted by atomic mass is 10.0. The summed E-state index contributed by atoms with van der Waals surface area (Å²) in [7, 11) is 0. The van der Waals surface area contributed by atoms with E-state index >= 15 is 0 Å². The molecule has 1 unspecified atom stereocenters. The lowest BCUT2D eigenvalue weighted by molar-refractivity contribution is 0.228. The third kappa shape index (κ3) is 4.33. The number of hydrogen-bond donors (Lipinski definition) is 3. The van der Waals surface area contributed by atoms with Crippen LogP contribution in [-0.2, 0) is 0 Å². The first-order valence-electron chi connectivity index (χ1n) is 7.55. The van der Waals surface area contributed by atoms with Crippen molar-refractivity contribution in [2.75, 3.05) is 6.61 Å². The van der Waals surface area contributed by atoms with Crippen molar-refractivity contribution in [2.24, 2.45) is 5.92 Å². The molecule has 0 aromatic heterocycles. The molecule has 0 bridgehead atoms. The Bertz CT molecular complexity index is 496. The van der Waals surface area contributed by atoms with Crippen molar-refractivity contribution >= 4 is 6.03 Å². The van der Waals surface area contributed by atoms with Gasteiger partial charge in [-0.3, -0.25) is 0 Å². The van der Waals surface area contributed by atoms with E-state index in [4.69, 9.17) is 5.11 Å². The average molecular weight is 288 g/mol. The highest BCUT2D eigenvalue weighted by atomic mass is 16.3. The molecular formula is C17H24N2O2. The summed E-state index contributed by atoms with van der Waals surface area (Å²) in [6, 6.07) is 8.10. The van der Waals surface area contributed by atoms with E-state index < -0.39 is 0 Å². The first kappa shape index (κ1) is 15.6. The minimum atomic E-state index is -0.157. The second-order valence-electron chi connectivity index (χ2n) is 5.66. The maximum atomic E-state index is 12.1. The second-order valence-corrected chi connectivity index (χ2v) is 5.66. The SMILES string of the molecule is CCC(NC(=O)N[C@@H]1C=C[C@H](CO)C1)c1ccc(C)cc1. The number of rotatable bonds is 5. The maximum absolute atomic E-state index is 12.1. The summed E-state index contributed by atoms with van der Waals surface area (Å²) in [5.74, 6) is 0.161. The van der Waals surface area contributed by atoms with E-state index in [1.165, 1.54) is 5.56 Å². The first-order valence-corrected chi connectivity index (χ1v) is 7.55. The molecule has 114 valence electrons. The van der Waals surface area contributed by atoms with E-state index in [0.29, 0.717) is 0 Å². The Morgan fingerprint density at radius 2 is 2.05 bits per heavy atom. The van der Waals surface area contributed by atoms with Crippen LogP contribution in [0.5, 0.6) is 0 Å². The number of carbonyl (C=O) groups is 1. The first-order chi connectivity index (χ1) is 10.1. The minimum Gasteiger partial charge on any atom is -0.396 e. The monoisotopic (exact) mass is 288 g/mol. The molecule has 3 N–H and O–H groups in total. The quantitative estimate of drug-likeness (QED) is 0.730. The molecule has 0 radical (unpaired) electrons. The van der Waals surface area contributed by atoms with Crippen LogP contribution in [0.4, 0.5) is 4.79 Å². The fraction of sp³-hybridized carbons (Fsp3) is 0.471. The third-order valence-electron chi connectivity index (χ3n) is 3.92. The van der Waals surface area contributed by atoms with Crippen LogP contribution in [0.2, 0.25) is 0 Å². The van der Waals surface area contributed by atoms with Crippen LogP contribution in [0, 0.1) is 12.8 Å². The summed E-state index contributed by atoms with van der Waals surface area (Å²) < 4.78 is 0. The van der Waals surface area contributed by atoms with Crippen molar-refractivity contribution in [2.45, 2.75) is 38.8 Å². The van der Waals surface area contributed by atoms with Gasteiger partial charge in [0.15, 0.2) is 0 Å². The van der Waals surface area contributed by atoms with Crippen LogP contribution < -0.4 is 10.6 Å². The van der Waals surface area contributed by atoms with E-state index in [1.807, 2.05) is 12.2 Å². The molecule has 21 heavy (non-hydrogen) atoms.